The van der Waals surface area contributed by atoms with Gasteiger partial charge < -0.3 is 9.64 Å². The number of methoxy groups -OCH3 is 1. The molecule has 0 radical (unpaired) electrons. The molecule has 1 atom stereocenters. The Hall–Kier alpha value is -2.30. The van der Waals surface area contributed by atoms with Gasteiger partial charge in [0.05, 0.1) is 19.7 Å². The van der Waals surface area contributed by atoms with Crippen molar-refractivity contribution in [3.05, 3.63) is 46.8 Å². The number of hydrogen-bond acceptors (Lipinski definition) is 3. The largest absolute Gasteiger partial charge is 0.496 e. The van der Waals surface area contributed by atoms with Crippen LogP contribution >= 0.6 is 0 Å². The minimum atomic E-state index is 0.190. The number of aromatic amines is 1. The van der Waals surface area contributed by atoms with E-state index in [1.807, 2.05) is 36.2 Å². The van der Waals surface area contributed by atoms with Gasteiger partial charge in [-0.25, -0.2) is 0 Å². The predicted molar refractivity (Wildman–Crippen MR) is 97.8 cm³/mol. The van der Waals surface area contributed by atoms with Crippen LogP contribution in [0.2, 0.25) is 0 Å². The molecule has 2 aromatic rings. The van der Waals surface area contributed by atoms with Gasteiger partial charge in [0, 0.05) is 24.3 Å². The number of nitrogens with zero attached hydrogens (tertiary/aromatic N) is 2. The number of rotatable bonds is 5. The van der Waals surface area contributed by atoms with Gasteiger partial charge in [-0.1, -0.05) is 17.7 Å². The smallest absolute Gasteiger partial charge is 0.227 e. The zero-order valence-electron chi connectivity index (χ0n) is 15.3. The Kier molecular flexibility index (Phi) is 5.41. The molecule has 2 heterocycles. The fraction of sp³-hybridized carbons (Fsp3) is 0.500. The Labute approximate surface area is 149 Å². The number of piperidine rings is 1. The van der Waals surface area contributed by atoms with Gasteiger partial charge in [-0.15, -0.1) is 0 Å². The number of aryl methyl sites for hydroxylation is 2. The molecule has 5 heteroatoms. The summed E-state index contributed by atoms with van der Waals surface area (Å²) >= 11 is 0. The molecule has 1 aromatic carbocycles. The maximum absolute atomic E-state index is 12.8. The third-order valence-corrected chi connectivity index (χ3v) is 5.08. The number of ether oxygens (including phenoxy) is 1. The van der Waals surface area contributed by atoms with Crippen molar-refractivity contribution < 1.29 is 9.53 Å². The lowest BCUT2D eigenvalue weighted by molar-refractivity contribution is -0.132. The van der Waals surface area contributed by atoms with Crippen LogP contribution in [0.25, 0.3) is 0 Å². The van der Waals surface area contributed by atoms with Crippen LogP contribution in [0.1, 0.15) is 35.2 Å². The summed E-state index contributed by atoms with van der Waals surface area (Å²) in [6, 6.07) is 6.00. The zero-order chi connectivity index (χ0) is 17.8. The number of benzene rings is 1. The molecule has 1 saturated heterocycles. The highest BCUT2D eigenvalue weighted by Crippen LogP contribution is 2.24. The van der Waals surface area contributed by atoms with Crippen molar-refractivity contribution >= 4 is 5.91 Å². The van der Waals surface area contributed by atoms with Crippen LogP contribution in [0.3, 0.4) is 0 Å². The molecular formula is C20H27N3O2. The standard InChI is InChI=1S/C20H27N3O2/c1-14-6-7-19(25-3)17(9-14)11-20(24)23-8-4-5-16(13-23)10-18-15(2)12-21-22-18/h6-7,9,12,16H,4-5,8,10-11,13H2,1-3H3,(H,21,22)/t16-/m0/s1. The first-order valence-electron chi connectivity index (χ1n) is 8.97. The van der Waals surface area contributed by atoms with Crippen LogP contribution in [0.5, 0.6) is 5.75 Å². The van der Waals surface area contributed by atoms with E-state index in [-0.39, 0.29) is 5.91 Å². The molecule has 3 rings (SSSR count). The molecule has 0 aliphatic carbocycles. The van der Waals surface area contributed by atoms with Gasteiger partial charge in [-0.05, 0) is 50.7 Å². The van der Waals surface area contributed by atoms with Crippen molar-refractivity contribution in [3.8, 4) is 5.75 Å². The summed E-state index contributed by atoms with van der Waals surface area (Å²) in [4.78, 5) is 14.8. The Morgan fingerprint density at radius 3 is 2.96 bits per heavy atom. The third-order valence-electron chi connectivity index (χ3n) is 5.08. The second-order valence-electron chi connectivity index (χ2n) is 7.08. The number of H-pyrrole nitrogens is 1. The molecule has 1 amide bonds. The van der Waals surface area contributed by atoms with E-state index in [4.69, 9.17) is 4.74 Å². The molecule has 1 aliphatic heterocycles. The number of amides is 1. The zero-order valence-corrected chi connectivity index (χ0v) is 15.3. The van der Waals surface area contributed by atoms with Crippen LogP contribution in [-0.2, 0) is 17.6 Å². The predicted octanol–water partition coefficient (Wildman–Crippen LogP) is 3.06. The summed E-state index contributed by atoms with van der Waals surface area (Å²) in [6.07, 6.45) is 5.46. The lowest BCUT2D eigenvalue weighted by Gasteiger charge is -2.33. The summed E-state index contributed by atoms with van der Waals surface area (Å²) in [5.41, 5.74) is 4.52. The normalized spacial score (nSPS) is 17.6. The fourth-order valence-corrected chi connectivity index (χ4v) is 3.65. The number of hydrogen-bond donors (Lipinski definition) is 1. The maximum Gasteiger partial charge on any atom is 0.227 e. The minimum Gasteiger partial charge on any atom is -0.496 e. The van der Waals surface area contributed by atoms with Crippen molar-refractivity contribution in [2.45, 2.75) is 39.5 Å². The molecule has 0 spiro atoms. The second-order valence-corrected chi connectivity index (χ2v) is 7.08. The first kappa shape index (κ1) is 17.5. The lowest BCUT2D eigenvalue weighted by Crippen LogP contribution is -2.41. The van der Waals surface area contributed by atoms with Gasteiger partial charge in [0.2, 0.25) is 5.91 Å². The molecule has 1 N–H and O–H groups in total. The van der Waals surface area contributed by atoms with Crippen molar-refractivity contribution in [3.63, 3.8) is 0 Å². The summed E-state index contributed by atoms with van der Waals surface area (Å²) in [5, 5.41) is 7.19. The first-order chi connectivity index (χ1) is 12.1. The molecule has 5 nitrogen and oxygen atoms in total. The number of aromatic nitrogens is 2. The molecule has 1 aromatic heterocycles. The summed E-state index contributed by atoms with van der Waals surface area (Å²) in [6.45, 7) is 5.79. The minimum absolute atomic E-state index is 0.190. The lowest BCUT2D eigenvalue weighted by atomic mass is 9.92. The molecule has 1 aliphatic rings. The van der Waals surface area contributed by atoms with E-state index in [1.165, 1.54) is 11.3 Å². The van der Waals surface area contributed by atoms with Gasteiger partial charge in [0.1, 0.15) is 5.75 Å². The highest BCUT2D eigenvalue weighted by atomic mass is 16.5. The Bertz CT molecular complexity index is 738. The van der Waals surface area contributed by atoms with Crippen molar-refractivity contribution in [2.24, 2.45) is 5.92 Å². The highest BCUT2D eigenvalue weighted by Gasteiger charge is 2.25. The van der Waals surface area contributed by atoms with Crippen LogP contribution in [0.4, 0.5) is 0 Å². The Balaban J connectivity index is 1.64. The molecule has 0 bridgehead atoms. The van der Waals surface area contributed by atoms with Crippen molar-refractivity contribution in [1.29, 1.82) is 0 Å². The molecular weight excluding hydrogens is 314 g/mol. The molecule has 1 fully saturated rings. The van der Waals surface area contributed by atoms with Crippen LogP contribution in [0, 0.1) is 19.8 Å². The average molecular weight is 341 g/mol. The summed E-state index contributed by atoms with van der Waals surface area (Å²) < 4.78 is 5.41. The number of nitrogens with one attached hydrogen (secondary N) is 1. The number of likely N-dealkylation sites (tertiary alicyclic amines) is 1. The molecule has 0 saturated carbocycles. The quantitative estimate of drug-likeness (QED) is 0.909. The van der Waals surface area contributed by atoms with Gasteiger partial charge in [-0.2, -0.15) is 5.10 Å². The summed E-state index contributed by atoms with van der Waals surface area (Å²) in [7, 11) is 1.66. The average Bonchev–Trinajstić information content (AvgIpc) is 3.00. The Morgan fingerprint density at radius 1 is 1.40 bits per heavy atom. The topological polar surface area (TPSA) is 58.2 Å². The van der Waals surface area contributed by atoms with Crippen molar-refractivity contribution in [1.82, 2.24) is 15.1 Å². The van der Waals surface area contributed by atoms with E-state index in [1.54, 1.807) is 7.11 Å². The molecule has 0 unspecified atom stereocenters. The van der Waals surface area contributed by atoms with Crippen molar-refractivity contribution in [2.75, 3.05) is 20.2 Å². The van der Waals surface area contributed by atoms with E-state index < -0.39 is 0 Å². The number of carbonyl (C=O) groups excluding carboxylic acids is 1. The van der Waals surface area contributed by atoms with E-state index in [0.29, 0.717) is 12.3 Å². The van der Waals surface area contributed by atoms with E-state index in [0.717, 1.165) is 49.2 Å². The van der Waals surface area contributed by atoms with E-state index in [2.05, 4.69) is 17.1 Å². The molecule has 134 valence electrons. The summed E-state index contributed by atoms with van der Waals surface area (Å²) in [5.74, 6) is 1.48. The highest BCUT2D eigenvalue weighted by molar-refractivity contribution is 5.79. The van der Waals surface area contributed by atoms with Gasteiger partial charge in [0.25, 0.3) is 0 Å². The second kappa shape index (κ2) is 7.72. The maximum atomic E-state index is 12.8. The van der Waals surface area contributed by atoms with E-state index >= 15 is 0 Å². The SMILES string of the molecule is COc1ccc(C)cc1CC(=O)N1CCC[C@@H](Cc2[nH]ncc2C)C1. The number of carbonyl (C=O) groups is 1. The Morgan fingerprint density at radius 2 is 2.24 bits per heavy atom. The van der Waals surface area contributed by atoms with Gasteiger partial charge in [0.15, 0.2) is 0 Å². The van der Waals surface area contributed by atoms with E-state index in [9.17, 15) is 4.79 Å². The molecule has 25 heavy (non-hydrogen) atoms. The van der Waals surface area contributed by atoms with Gasteiger partial charge >= 0.3 is 0 Å². The third kappa shape index (κ3) is 4.21. The van der Waals surface area contributed by atoms with Crippen LogP contribution in [-0.4, -0.2) is 41.2 Å². The van der Waals surface area contributed by atoms with Crippen LogP contribution < -0.4 is 4.74 Å². The van der Waals surface area contributed by atoms with Crippen LogP contribution in [0.15, 0.2) is 24.4 Å². The fourth-order valence-electron chi connectivity index (χ4n) is 3.65. The monoisotopic (exact) mass is 341 g/mol. The van der Waals surface area contributed by atoms with Gasteiger partial charge in [-0.3, -0.25) is 9.89 Å². The first-order valence-corrected chi connectivity index (χ1v) is 8.97.